The SMILES string of the molecule is CC(Cn1ccnc1)NC1CCC2CCCCC2C1. The maximum absolute atomic E-state index is 4.11. The van der Waals surface area contributed by atoms with Crippen LogP contribution in [0.3, 0.4) is 0 Å². The Labute approximate surface area is 116 Å². The van der Waals surface area contributed by atoms with Crippen molar-refractivity contribution < 1.29 is 0 Å². The van der Waals surface area contributed by atoms with E-state index in [1.807, 2.05) is 12.5 Å². The van der Waals surface area contributed by atoms with Crippen molar-refractivity contribution in [2.45, 2.75) is 70.5 Å². The van der Waals surface area contributed by atoms with Crippen molar-refractivity contribution in [1.29, 1.82) is 0 Å². The van der Waals surface area contributed by atoms with Gasteiger partial charge < -0.3 is 9.88 Å². The highest BCUT2D eigenvalue weighted by Crippen LogP contribution is 2.40. The topological polar surface area (TPSA) is 29.9 Å². The smallest absolute Gasteiger partial charge is 0.0946 e. The summed E-state index contributed by atoms with van der Waals surface area (Å²) < 4.78 is 2.17. The Hall–Kier alpha value is -0.830. The average Bonchev–Trinajstić information content (AvgIpc) is 2.91. The van der Waals surface area contributed by atoms with Crippen molar-refractivity contribution in [3.8, 4) is 0 Å². The number of nitrogens with zero attached hydrogens (tertiary/aromatic N) is 2. The summed E-state index contributed by atoms with van der Waals surface area (Å²) in [5.74, 6) is 2.07. The zero-order valence-corrected chi connectivity index (χ0v) is 12.1. The fourth-order valence-corrected chi connectivity index (χ4v) is 4.19. The first-order chi connectivity index (χ1) is 9.31. The van der Waals surface area contributed by atoms with Crippen molar-refractivity contribution >= 4 is 0 Å². The summed E-state index contributed by atoms with van der Waals surface area (Å²) in [5.41, 5.74) is 0. The molecular weight excluding hydrogens is 234 g/mol. The number of hydrogen-bond donors (Lipinski definition) is 1. The second-order valence-electron chi connectivity index (χ2n) is 6.64. The van der Waals surface area contributed by atoms with Gasteiger partial charge in [-0.3, -0.25) is 0 Å². The Kier molecular flexibility index (Phi) is 4.21. The first-order valence-electron chi connectivity index (χ1n) is 8.03. The average molecular weight is 261 g/mol. The van der Waals surface area contributed by atoms with Crippen LogP contribution < -0.4 is 5.32 Å². The van der Waals surface area contributed by atoms with E-state index in [1.54, 1.807) is 0 Å². The third-order valence-corrected chi connectivity index (χ3v) is 5.10. The van der Waals surface area contributed by atoms with Crippen molar-refractivity contribution in [2.24, 2.45) is 11.8 Å². The Morgan fingerprint density at radius 1 is 1.21 bits per heavy atom. The van der Waals surface area contributed by atoms with E-state index in [0.717, 1.165) is 24.4 Å². The molecule has 1 heterocycles. The summed E-state index contributed by atoms with van der Waals surface area (Å²) in [6.07, 6.45) is 16.0. The van der Waals surface area contributed by atoms with Crippen LogP contribution >= 0.6 is 0 Å². The van der Waals surface area contributed by atoms with Gasteiger partial charge in [-0.2, -0.15) is 0 Å². The van der Waals surface area contributed by atoms with Crippen LogP contribution in [0.1, 0.15) is 51.9 Å². The van der Waals surface area contributed by atoms with Crippen LogP contribution in [0, 0.1) is 11.8 Å². The molecule has 4 unspecified atom stereocenters. The summed E-state index contributed by atoms with van der Waals surface area (Å²) in [6, 6.07) is 1.29. The predicted octanol–water partition coefficient (Wildman–Crippen LogP) is 3.22. The minimum Gasteiger partial charge on any atom is -0.336 e. The zero-order valence-electron chi connectivity index (χ0n) is 12.1. The zero-order chi connectivity index (χ0) is 13.1. The van der Waals surface area contributed by atoms with Crippen LogP contribution in [0.2, 0.25) is 0 Å². The van der Waals surface area contributed by atoms with E-state index in [4.69, 9.17) is 0 Å². The third kappa shape index (κ3) is 3.38. The number of imidazole rings is 1. The lowest BCUT2D eigenvalue weighted by Crippen LogP contribution is -2.44. The van der Waals surface area contributed by atoms with Crippen LogP contribution in [-0.2, 0) is 6.54 Å². The molecule has 0 radical (unpaired) electrons. The van der Waals surface area contributed by atoms with E-state index in [0.29, 0.717) is 6.04 Å². The van der Waals surface area contributed by atoms with E-state index in [1.165, 1.54) is 44.9 Å². The number of aromatic nitrogens is 2. The minimum absolute atomic E-state index is 0.541. The van der Waals surface area contributed by atoms with E-state index in [-0.39, 0.29) is 0 Å². The molecule has 3 rings (SSSR count). The van der Waals surface area contributed by atoms with Gasteiger partial charge in [0.1, 0.15) is 0 Å². The summed E-state index contributed by atoms with van der Waals surface area (Å²) in [4.78, 5) is 4.11. The summed E-state index contributed by atoms with van der Waals surface area (Å²) in [7, 11) is 0. The van der Waals surface area contributed by atoms with Crippen molar-refractivity contribution in [3.05, 3.63) is 18.7 Å². The molecule has 2 fully saturated rings. The molecule has 2 saturated carbocycles. The molecule has 1 N–H and O–H groups in total. The third-order valence-electron chi connectivity index (χ3n) is 5.10. The quantitative estimate of drug-likeness (QED) is 0.902. The predicted molar refractivity (Wildman–Crippen MR) is 77.9 cm³/mol. The Bertz CT molecular complexity index is 373. The lowest BCUT2D eigenvalue weighted by Gasteiger charge is -2.40. The van der Waals surface area contributed by atoms with Crippen LogP contribution in [0.4, 0.5) is 0 Å². The molecule has 3 heteroatoms. The van der Waals surface area contributed by atoms with E-state index >= 15 is 0 Å². The Morgan fingerprint density at radius 2 is 2.05 bits per heavy atom. The second-order valence-corrected chi connectivity index (χ2v) is 6.64. The normalized spacial score (nSPS) is 32.8. The highest BCUT2D eigenvalue weighted by Gasteiger charge is 2.32. The van der Waals surface area contributed by atoms with Crippen LogP contribution in [0.15, 0.2) is 18.7 Å². The summed E-state index contributed by atoms with van der Waals surface area (Å²) >= 11 is 0. The number of rotatable bonds is 4. The van der Waals surface area contributed by atoms with Gasteiger partial charge in [0.15, 0.2) is 0 Å². The molecule has 0 spiro atoms. The standard InChI is InChI=1S/C16H27N3/c1-13(11-19-9-8-17-12-19)18-16-7-6-14-4-2-3-5-15(14)10-16/h8-9,12-16,18H,2-7,10-11H2,1H3. The molecule has 0 bridgehead atoms. The molecule has 106 valence electrons. The van der Waals surface area contributed by atoms with Crippen LogP contribution in [0.25, 0.3) is 0 Å². The van der Waals surface area contributed by atoms with Crippen molar-refractivity contribution in [2.75, 3.05) is 0 Å². The van der Waals surface area contributed by atoms with Crippen molar-refractivity contribution in [3.63, 3.8) is 0 Å². The fourth-order valence-electron chi connectivity index (χ4n) is 4.19. The number of hydrogen-bond acceptors (Lipinski definition) is 2. The molecule has 19 heavy (non-hydrogen) atoms. The first kappa shape index (κ1) is 13.2. The molecule has 1 aromatic heterocycles. The highest BCUT2D eigenvalue weighted by molar-refractivity contribution is 4.87. The molecular formula is C16H27N3. The molecule has 3 nitrogen and oxygen atoms in total. The van der Waals surface area contributed by atoms with Gasteiger partial charge in [0.2, 0.25) is 0 Å². The van der Waals surface area contributed by atoms with Gasteiger partial charge in [0.25, 0.3) is 0 Å². The summed E-state index contributed by atoms with van der Waals surface area (Å²) in [6.45, 7) is 3.33. The lowest BCUT2D eigenvalue weighted by atomic mass is 9.69. The van der Waals surface area contributed by atoms with E-state index < -0.39 is 0 Å². The molecule has 0 amide bonds. The van der Waals surface area contributed by atoms with Crippen molar-refractivity contribution in [1.82, 2.24) is 14.9 Å². The van der Waals surface area contributed by atoms with Gasteiger partial charge in [0.05, 0.1) is 6.33 Å². The fraction of sp³-hybridized carbons (Fsp3) is 0.812. The maximum atomic E-state index is 4.11. The molecule has 4 atom stereocenters. The van der Waals surface area contributed by atoms with Gasteiger partial charge in [-0.25, -0.2) is 4.98 Å². The molecule has 0 aromatic carbocycles. The van der Waals surface area contributed by atoms with Gasteiger partial charge in [-0.05, 0) is 38.0 Å². The minimum atomic E-state index is 0.541. The molecule has 2 aliphatic rings. The monoisotopic (exact) mass is 261 g/mol. The Balaban J connectivity index is 1.47. The lowest BCUT2D eigenvalue weighted by molar-refractivity contribution is 0.138. The van der Waals surface area contributed by atoms with Crippen LogP contribution in [0.5, 0.6) is 0 Å². The first-order valence-corrected chi connectivity index (χ1v) is 8.03. The Morgan fingerprint density at radius 3 is 2.84 bits per heavy atom. The molecule has 1 aromatic rings. The molecule has 0 saturated heterocycles. The van der Waals surface area contributed by atoms with Crippen LogP contribution in [-0.4, -0.2) is 21.6 Å². The molecule has 2 aliphatic carbocycles. The largest absolute Gasteiger partial charge is 0.336 e. The van der Waals surface area contributed by atoms with Gasteiger partial charge >= 0.3 is 0 Å². The molecule has 0 aliphatic heterocycles. The number of fused-ring (bicyclic) bond motifs is 1. The second kappa shape index (κ2) is 6.08. The van der Waals surface area contributed by atoms with Gasteiger partial charge in [0, 0.05) is 31.0 Å². The van der Waals surface area contributed by atoms with E-state index in [2.05, 4.69) is 28.0 Å². The maximum Gasteiger partial charge on any atom is 0.0946 e. The summed E-state index contributed by atoms with van der Waals surface area (Å²) in [5, 5.41) is 3.84. The number of nitrogens with one attached hydrogen (secondary N) is 1. The van der Waals surface area contributed by atoms with Gasteiger partial charge in [-0.15, -0.1) is 0 Å². The van der Waals surface area contributed by atoms with Gasteiger partial charge in [-0.1, -0.05) is 25.7 Å². The van der Waals surface area contributed by atoms with E-state index in [9.17, 15) is 0 Å². The highest BCUT2D eigenvalue weighted by atomic mass is 15.1.